The van der Waals surface area contributed by atoms with Gasteiger partial charge in [-0.1, -0.05) is 0 Å². The first-order valence-electron chi connectivity index (χ1n) is 4.70. The lowest BCUT2D eigenvalue weighted by Gasteiger charge is -2.33. The van der Waals surface area contributed by atoms with Gasteiger partial charge in [-0.25, -0.2) is 4.98 Å². The molecule has 1 heterocycles. The average molecular weight is 194 g/mol. The molecule has 3 N–H and O–H groups in total. The number of nitrogens with zero attached hydrogens (tertiary/aromatic N) is 2. The zero-order valence-electron chi connectivity index (χ0n) is 8.10. The minimum atomic E-state index is -0.0898. The third kappa shape index (κ3) is 1.63. The van der Waals surface area contributed by atoms with E-state index in [0.29, 0.717) is 11.9 Å². The van der Waals surface area contributed by atoms with E-state index in [9.17, 15) is 4.79 Å². The second-order valence-electron chi connectivity index (χ2n) is 3.76. The van der Waals surface area contributed by atoms with Crippen LogP contribution in [-0.4, -0.2) is 21.6 Å². The molecule has 1 aliphatic rings. The molecule has 0 aliphatic heterocycles. The zero-order valence-corrected chi connectivity index (χ0v) is 8.10. The van der Waals surface area contributed by atoms with E-state index in [1.54, 1.807) is 19.4 Å². The van der Waals surface area contributed by atoms with E-state index in [-0.39, 0.29) is 11.6 Å². The number of aromatic nitrogens is 2. The molecule has 1 fully saturated rings. The zero-order chi connectivity index (χ0) is 10.1. The number of aryl methyl sites for hydroxylation is 1. The number of rotatable bonds is 2. The first-order chi connectivity index (χ1) is 6.66. The van der Waals surface area contributed by atoms with Crippen molar-refractivity contribution in [3.8, 4) is 0 Å². The Kier molecular flexibility index (Phi) is 2.25. The van der Waals surface area contributed by atoms with Crippen molar-refractivity contribution in [3.05, 3.63) is 22.7 Å². The Labute approximate surface area is 82.0 Å². The lowest BCUT2D eigenvalue weighted by molar-refractivity contribution is 0.372. The lowest BCUT2D eigenvalue weighted by atomic mass is 9.88. The van der Waals surface area contributed by atoms with E-state index in [1.165, 1.54) is 4.57 Å². The summed E-state index contributed by atoms with van der Waals surface area (Å²) < 4.78 is 1.51. The van der Waals surface area contributed by atoms with E-state index in [2.05, 4.69) is 10.3 Å². The van der Waals surface area contributed by atoms with Gasteiger partial charge in [-0.3, -0.25) is 4.79 Å². The molecule has 0 amide bonds. The van der Waals surface area contributed by atoms with E-state index in [4.69, 9.17) is 5.73 Å². The van der Waals surface area contributed by atoms with Crippen LogP contribution in [0.5, 0.6) is 0 Å². The van der Waals surface area contributed by atoms with Gasteiger partial charge in [-0.2, -0.15) is 0 Å². The fourth-order valence-corrected chi connectivity index (χ4v) is 1.57. The van der Waals surface area contributed by atoms with Crippen LogP contribution in [0.1, 0.15) is 12.8 Å². The summed E-state index contributed by atoms with van der Waals surface area (Å²) in [5.41, 5.74) is 5.56. The normalized spacial score (nSPS) is 25.6. The molecule has 1 aromatic rings. The molecule has 1 saturated carbocycles. The average Bonchev–Trinajstić information content (AvgIpc) is 2.10. The van der Waals surface area contributed by atoms with E-state index >= 15 is 0 Å². The Hall–Kier alpha value is -1.36. The van der Waals surface area contributed by atoms with Gasteiger partial charge >= 0.3 is 0 Å². The summed E-state index contributed by atoms with van der Waals surface area (Å²) in [5, 5.41) is 3.09. The quantitative estimate of drug-likeness (QED) is 0.677. The van der Waals surface area contributed by atoms with E-state index in [0.717, 1.165) is 12.8 Å². The first kappa shape index (κ1) is 9.21. The molecule has 2 rings (SSSR count). The highest BCUT2D eigenvalue weighted by atomic mass is 16.1. The van der Waals surface area contributed by atoms with Crippen LogP contribution < -0.4 is 16.6 Å². The van der Waals surface area contributed by atoms with Gasteiger partial charge < -0.3 is 15.6 Å². The van der Waals surface area contributed by atoms with Crippen LogP contribution in [-0.2, 0) is 7.05 Å². The van der Waals surface area contributed by atoms with Crippen LogP contribution in [0.25, 0.3) is 0 Å². The summed E-state index contributed by atoms with van der Waals surface area (Å²) in [5.74, 6) is 0.423. The molecule has 0 spiro atoms. The van der Waals surface area contributed by atoms with Gasteiger partial charge in [0.15, 0.2) is 5.82 Å². The van der Waals surface area contributed by atoms with Crippen molar-refractivity contribution in [2.24, 2.45) is 12.8 Å². The molecule has 1 aromatic heterocycles. The van der Waals surface area contributed by atoms with Crippen LogP contribution in [0.2, 0.25) is 0 Å². The molecule has 5 heteroatoms. The minimum absolute atomic E-state index is 0.0898. The first-order valence-corrected chi connectivity index (χ1v) is 4.70. The maximum absolute atomic E-state index is 11.5. The number of hydrogen-bond donors (Lipinski definition) is 2. The summed E-state index contributed by atoms with van der Waals surface area (Å²) in [7, 11) is 1.71. The van der Waals surface area contributed by atoms with Crippen LogP contribution in [0.3, 0.4) is 0 Å². The Morgan fingerprint density at radius 1 is 1.64 bits per heavy atom. The van der Waals surface area contributed by atoms with Crippen molar-refractivity contribution in [2.75, 3.05) is 5.32 Å². The Morgan fingerprint density at radius 3 is 3.00 bits per heavy atom. The van der Waals surface area contributed by atoms with Gasteiger partial charge in [0, 0.05) is 31.5 Å². The number of nitrogens with one attached hydrogen (secondary N) is 1. The SMILES string of the molecule is Cn1ccnc(NC2CC(N)C2)c1=O. The third-order valence-electron chi connectivity index (χ3n) is 2.53. The van der Waals surface area contributed by atoms with Crippen LogP contribution in [0.15, 0.2) is 17.2 Å². The predicted molar refractivity (Wildman–Crippen MR) is 54.1 cm³/mol. The van der Waals surface area contributed by atoms with Crippen molar-refractivity contribution in [1.29, 1.82) is 0 Å². The van der Waals surface area contributed by atoms with E-state index < -0.39 is 0 Å². The molecular weight excluding hydrogens is 180 g/mol. The molecule has 0 aromatic carbocycles. The standard InChI is InChI=1S/C9H14N4O/c1-13-3-2-11-8(9(13)14)12-7-4-6(10)5-7/h2-3,6-7H,4-5,10H2,1H3,(H,11,12). The molecule has 0 saturated heterocycles. The minimum Gasteiger partial charge on any atom is -0.363 e. The topological polar surface area (TPSA) is 72.9 Å². The van der Waals surface area contributed by atoms with Crippen molar-refractivity contribution in [1.82, 2.24) is 9.55 Å². The smallest absolute Gasteiger partial charge is 0.293 e. The lowest BCUT2D eigenvalue weighted by Crippen LogP contribution is -2.45. The summed E-state index contributed by atoms with van der Waals surface area (Å²) in [6.07, 6.45) is 5.09. The van der Waals surface area contributed by atoms with Crippen molar-refractivity contribution in [3.63, 3.8) is 0 Å². The second kappa shape index (κ2) is 3.42. The third-order valence-corrected chi connectivity index (χ3v) is 2.53. The Bertz CT molecular complexity index is 381. The summed E-state index contributed by atoms with van der Waals surface area (Å²) >= 11 is 0. The van der Waals surface area contributed by atoms with Gasteiger partial charge in [-0.15, -0.1) is 0 Å². The molecule has 1 aliphatic carbocycles. The van der Waals surface area contributed by atoms with Crippen molar-refractivity contribution >= 4 is 5.82 Å². The number of anilines is 1. The summed E-state index contributed by atoms with van der Waals surface area (Å²) in [6.45, 7) is 0. The van der Waals surface area contributed by atoms with Gasteiger partial charge in [0.05, 0.1) is 0 Å². The Morgan fingerprint density at radius 2 is 2.36 bits per heavy atom. The van der Waals surface area contributed by atoms with Crippen LogP contribution in [0.4, 0.5) is 5.82 Å². The fourth-order valence-electron chi connectivity index (χ4n) is 1.57. The number of nitrogens with two attached hydrogens (primary N) is 1. The molecule has 0 atom stereocenters. The number of hydrogen-bond acceptors (Lipinski definition) is 4. The summed E-state index contributed by atoms with van der Waals surface area (Å²) in [6, 6.07) is 0.590. The highest BCUT2D eigenvalue weighted by Crippen LogP contribution is 2.19. The molecule has 76 valence electrons. The molecular formula is C9H14N4O. The van der Waals surface area contributed by atoms with Crippen molar-refractivity contribution < 1.29 is 0 Å². The Balaban J connectivity index is 2.10. The van der Waals surface area contributed by atoms with Gasteiger partial charge in [0.2, 0.25) is 0 Å². The van der Waals surface area contributed by atoms with E-state index in [1.807, 2.05) is 0 Å². The highest BCUT2D eigenvalue weighted by molar-refractivity contribution is 5.33. The van der Waals surface area contributed by atoms with Crippen molar-refractivity contribution in [2.45, 2.75) is 24.9 Å². The summed E-state index contributed by atoms with van der Waals surface area (Å²) in [4.78, 5) is 15.5. The molecule has 14 heavy (non-hydrogen) atoms. The van der Waals surface area contributed by atoms with Crippen LogP contribution >= 0.6 is 0 Å². The highest BCUT2D eigenvalue weighted by Gasteiger charge is 2.26. The van der Waals surface area contributed by atoms with Gasteiger partial charge in [0.1, 0.15) is 0 Å². The molecule has 0 bridgehead atoms. The van der Waals surface area contributed by atoms with Crippen LogP contribution in [0, 0.1) is 0 Å². The fraction of sp³-hybridized carbons (Fsp3) is 0.556. The van der Waals surface area contributed by atoms with Gasteiger partial charge in [-0.05, 0) is 12.8 Å². The largest absolute Gasteiger partial charge is 0.363 e. The maximum atomic E-state index is 11.5. The second-order valence-corrected chi connectivity index (χ2v) is 3.76. The maximum Gasteiger partial charge on any atom is 0.293 e. The molecule has 0 unspecified atom stereocenters. The predicted octanol–water partition coefficient (Wildman–Crippen LogP) is -0.318. The van der Waals surface area contributed by atoms with Gasteiger partial charge in [0.25, 0.3) is 5.56 Å². The monoisotopic (exact) mass is 194 g/mol. The molecule has 0 radical (unpaired) electrons. The molecule has 5 nitrogen and oxygen atoms in total.